The molecule has 1 aliphatic heterocycles. The zero-order chi connectivity index (χ0) is 27.3. The molecule has 0 saturated heterocycles. The molecule has 0 N–H and O–H groups in total. The minimum atomic E-state index is -1.18. The van der Waals surface area contributed by atoms with Gasteiger partial charge >= 0.3 is 5.97 Å². The summed E-state index contributed by atoms with van der Waals surface area (Å²) in [6.07, 6.45) is -0.754. The fraction of sp³-hybridized carbons (Fsp3) is 0.435. The number of carbonyl (C=O) groups excluding carboxylic acids is 1. The SMILES string of the molecule is CC(=O)O[C@H]1[C@H](n2ccc(C(CCCO[N+](=O)[O-])O[N+](=O)[O-])cc2=O)c2cc(C#N)ccc2OC1(C)C. The third kappa shape index (κ3) is 6.31. The fourth-order valence-corrected chi connectivity index (χ4v) is 4.23. The van der Waals surface area contributed by atoms with E-state index in [0.29, 0.717) is 16.9 Å². The second-order valence-electron chi connectivity index (χ2n) is 8.77. The van der Waals surface area contributed by atoms with E-state index in [-0.39, 0.29) is 25.0 Å². The van der Waals surface area contributed by atoms with E-state index in [1.165, 1.54) is 23.8 Å². The molecule has 1 aromatic carbocycles. The van der Waals surface area contributed by atoms with Crippen molar-refractivity contribution in [2.75, 3.05) is 6.61 Å². The molecule has 196 valence electrons. The van der Waals surface area contributed by atoms with Gasteiger partial charge in [-0.15, -0.1) is 20.2 Å². The molecule has 0 bridgehead atoms. The van der Waals surface area contributed by atoms with E-state index in [2.05, 4.69) is 4.84 Å². The van der Waals surface area contributed by atoms with Crippen molar-refractivity contribution >= 4 is 5.97 Å². The Morgan fingerprint density at radius 1 is 1.24 bits per heavy atom. The molecular formula is C23H24N4O10. The normalized spacial score (nSPS) is 18.3. The van der Waals surface area contributed by atoms with Gasteiger partial charge in [0.25, 0.3) is 15.7 Å². The first-order valence-corrected chi connectivity index (χ1v) is 11.1. The van der Waals surface area contributed by atoms with Gasteiger partial charge in [0.2, 0.25) is 0 Å². The summed E-state index contributed by atoms with van der Waals surface area (Å²) in [5, 5.41) is 28.7. The summed E-state index contributed by atoms with van der Waals surface area (Å²) in [7, 11) is 0. The van der Waals surface area contributed by atoms with Gasteiger partial charge in [0, 0.05) is 24.8 Å². The van der Waals surface area contributed by atoms with E-state index in [4.69, 9.17) is 14.3 Å². The first-order valence-electron chi connectivity index (χ1n) is 11.1. The molecule has 2 aromatic rings. The summed E-state index contributed by atoms with van der Waals surface area (Å²) in [4.78, 5) is 55.6. The number of hydrogen-bond donors (Lipinski definition) is 0. The molecule has 1 unspecified atom stereocenters. The van der Waals surface area contributed by atoms with Crippen molar-refractivity contribution < 1.29 is 34.1 Å². The molecule has 37 heavy (non-hydrogen) atoms. The summed E-state index contributed by atoms with van der Waals surface area (Å²) in [6, 6.07) is 8.42. The standard InChI is InChI=1S/C23H24N4O10/c1-14(28)35-22-21(17-11-15(13-24)6-7-19(17)36-23(22,2)3)25-9-8-16(12-20(25)29)18(37-27(32)33)5-4-10-34-26(30)31/h6-9,11-12,18,21-22H,4-5,10H2,1-3H3/t18?,21-,22+/m1/s1. The third-order valence-corrected chi connectivity index (χ3v) is 5.76. The van der Waals surface area contributed by atoms with Gasteiger partial charge in [0.1, 0.15) is 23.5 Å². The Hall–Kier alpha value is -4.67. The van der Waals surface area contributed by atoms with E-state index < -0.39 is 45.6 Å². The van der Waals surface area contributed by atoms with Gasteiger partial charge in [-0.3, -0.25) is 9.59 Å². The molecule has 0 saturated carbocycles. The maximum atomic E-state index is 13.3. The van der Waals surface area contributed by atoms with Crippen molar-refractivity contribution in [3.63, 3.8) is 0 Å². The van der Waals surface area contributed by atoms with Crippen molar-refractivity contribution in [2.45, 2.75) is 57.5 Å². The van der Waals surface area contributed by atoms with Gasteiger partial charge in [-0.05, 0) is 56.5 Å². The van der Waals surface area contributed by atoms with Crippen LogP contribution in [-0.2, 0) is 19.2 Å². The Balaban J connectivity index is 2.05. The zero-order valence-corrected chi connectivity index (χ0v) is 20.2. The van der Waals surface area contributed by atoms with Crippen LogP contribution in [0.15, 0.2) is 41.3 Å². The van der Waals surface area contributed by atoms with E-state index in [0.717, 1.165) is 6.07 Å². The van der Waals surface area contributed by atoms with Crippen LogP contribution >= 0.6 is 0 Å². The van der Waals surface area contributed by atoms with Crippen molar-refractivity contribution in [1.82, 2.24) is 4.57 Å². The maximum absolute atomic E-state index is 13.3. The smallest absolute Gasteiger partial charge is 0.303 e. The zero-order valence-electron chi connectivity index (χ0n) is 20.2. The number of pyridine rings is 1. The number of rotatable bonds is 10. The van der Waals surface area contributed by atoms with Crippen molar-refractivity contribution in [3.8, 4) is 11.8 Å². The number of esters is 1. The largest absolute Gasteiger partial charge is 0.484 e. The van der Waals surface area contributed by atoms with Crippen LogP contribution in [0, 0.1) is 31.6 Å². The Kier molecular flexibility index (Phi) is 7.96. The number of aromatic nitrogens is 1. The minimum absolute atomic E-state index is 0.0347. The average molecular weight is 516 g/mol. The second-order valence-corrected chi connectivity index (χ2v) is 8.77. The predicted molar refractivity (Wildman–Crippen MR) is 123 cm³/mol. The van der Waals surface area contributed by atoms with Gasteiger partial charge in [0.05, 0.1) is 18.2 Å². The summed E-state index contributed by atoms with van der Waals surface area (Å²) >= 11 is 0. The van der Waals surface area contributed by atoms with Crippen LogP contribution in [0.2, 0.25) is 0 Å². The lowest BCUT2D eigenvalue weighted by atomic mass is 9.85. The molecular weight excluding hydrogens is 492 g/mol. The number of benzene rings is 1. The average Bonchev–Trinajstić information content (AvgIpc) is 2.81. The monoisotopic (exact) mass is 516 g/mol. The molecule has 1 aromatic heterocycles. The van der Waals surface area contributed by atoms with Crippen LogP contribution in [0.5, 0.6) is 5.75 Å². The Bertz CT molecular complexity index is 1300. The number of fused-ring (bicyclic) bond motifs is 1. The molecule has 3 rings (SSSR count). The number of nitrogens with zero attached hydrogens (tertiary/aromatic N) is 4. The highest BCUT2D eigenvalue weighted by Gasteiger charge is 2.47. The van der Waals surface area contributed by atoms with Crippen LogP contribution in [0.25, 0.3) is 0 Å². The van der Waals surface area contributed by atoms with Gasteiger partial charge in [-0.1, -0.05) is 0 Å². The number of ether oxygens (including phenoxy) is 2. The lowest BCUT2D eigenvalue weighted by molar-refractivity contribution is -0.772. The fourth-order valence-electron chi connectivity index (χ4n) is 4.23. The van der Waals surface area contributed by atoms with E-state index in [1.807, 2.05) is 6.07 Å². The number of carbonyl (C=O) groups is 1. The first kappa shape index (κ1) is 26.9. The summed E-state index contributed by atoms with van der Waals surface area (Å²) in [6.45, 7) is 4.31. The van der Waals surface area contributed by atoms with Gasteiger partial charge < -0.3 is 23.7 Å². The third-order valence-electron chi connectivity index (χ3n) is 5.76. The molecule has 0 spiro atoms. The molecule has 0 amide bonds. The molecule has 0 radical (unpaired) electrons. The number of nitriles is 1. The Labute approximate surface area is 210 Å². The van der Waals surface area contributed by atoms with Crippen molar-refractivity contribution in [1.29, 1.82) is 5.26 Å². The highest BCUT2D eigenvalue weighted by Crippen LogP contribution is 2.43. The molecule has 14 heteroatoms. The number of hydrogen-bond acceptors (Lipinski definition) is 11. The van der Waals surface area contributed by atoms with Gasteiger partial charge in [-0.2, -0.15) is 5.26 Å². The molecule has 2 heterocycles. The van der Waals surface area contributed by atoms with Crippen LogP contribution < -0.4 is 10.3 Å². The van der Waals surface area contributed by atoms with Crippen molar-refractivity contribution in [2.24, 2.45) is 0 Å². The Morgan fingerprint density at radius 3 is 2.57 bits per heavy atom. The lowest BCUT2D eigenvalue weighted by Crippen LogP contribution is -2.54. The summed E-state index contributed by atoms with van der Waals surface area (Å²) < 4.78 is 12.9. The van der Waals surface area contributed by atoms with Crippen LogP contribution in [0.4, 0.5) is 0 Å². The predicted octanol–water partition coefficient (Wildman–Crippen LogP) is 2.65. The highest BCUT2D eigenvalue weighted by molar-refractivity contribution is 5.66. The van der Waals surface area contributed by atoms with Crippen LogP contribution in [0.3, 0.4) is 0 Å². The maximum Gasteiger partial charge on any atom is 0.303 e. The van der Waals surface area contributed by atoms with Crippen molar-refractivity contribution in [3.05, 3.63) is 83.8 Å². The molecule has 14 nitrogen and oxygen atoms in total. The minimum Gasteiger partial charge on any atom is -0.484 e. The highest BCUT2D eigenvalue weighted by atomic mass is 17.0. The van der Waals surface area contributed by atoms with Crippen LogP contribution in [0.1, 0.15) is 62.4 Å². The molecule has 3 atom stereocenters. The summed E-state index contributed by atoms with van der Waals surface area (Å²) in [5.41, 5.74) is -0.752. The van der Waals surface area contributed by atoms with E-state index in [1.54, 1.807) is 32.0 Å². The lowest BCUT2D eigenvalue weighted by Gasteiger charge is -2.44. The van der Waals surface area contributed by atoms with Crippen LogP contribution in [-0.4, -0.2) is 39.0 Å². The van der Waals surface area contributed by atoms with E-state index >= 15 is 0 Å². The quantitative estimate of drug-likeness (QED) is 0.195. The Morgan fingerprint density at radius 2 is 1.97 bits per heavy atom. The first-order chi connectivity index (χ1) is 17.4. The topological polar surface area (TPSA) is 186 Å². The molecule has 0 fully saturated rings. The second kappa shape index (κ2) is 10.9. The van der Waals surface area contributed by atoms with Gasteiger partial charge in [0.15, 0.2) is 6.10 Å². The summed E-state index contributed by atoms with van der Waals surface area (Å²) in [5.74, 6) is -0.207. The molecule has 0 aliphatic carbocycles. The molecule has 1 aliphatic rings. The van der Waals surface area contributed by atoms with E-state index in [9.17, 15) is 35.1 Å². The van der Waals surface area contributed by atoms with Gasteiger partial charge in [-0.25, -0.2) is 0 Å².